The molecule has 26 heavy (non-hydrogen) atoms. The number of methoxy groups -OCH3 is 2. The van der Waals surface area contributed by atoms with Crippen molar-refractivity contribution in [3.63, 3.8) is 0 Å². The van der Waals surface area contributed by atoms with Gasteiger partial charge in [0.2, 0.25) is 5.91 Å². The lowest BCUT2D eigenvalue weighted by Gasteiger charge is -2.16. The van der Waals surface area contributed by atoms with Crippen molar-refractivity contribution in [3.05, 3.63) is 53.6 Å². The van der Waals surface area contributed by atoms with Gasteiger partial charge in [0, 0.05) is 18.2 Å². The smallest absolute Gasteiger partial charge is 0.224 e. The molecule has 0 fully saturated rings. The van der Waals surface area contributed by atoms with Gasteiger partial charge in [0.05, 0.1) is 14.2 Å². The fourth-order valence-electron chi connectivity index (χ4n) is 2.96. The predicted octanol–water partition coefficient (Wildman–Crippen LogP) is 5.18. The molecule has 0 aliphatic heterocycles. The van der Waals surface area contributed by atoms with Crippen LogP contribution in [-0.2, 0) is 11.2 Å². The second kappa shape index (κ2) is 9.85. The Balaban J connectivity index is 1.96. The first-order chi connectivity index (χ1) is 12.6. The van der Waals surface area contributed by atoms with E-state index in [0.29, 0.717) is 6.42 Å². The molecule has 0 aliphatic rings. The minimum atomic E-state index is -0.00307. The molecule has 4 heteroatoms. The maximum atomic E-state index is 12.4. The standard InChI is InChI=1S/C22H29NO3/c1-5-6-7-17-8-10-18(11-9-17)23-22(24)14-16(2)20-13-12-19(25-3)15-21(20)26-4/h8-13,15-16H,5-7,14H2,1-4H3,(H,23,24). The Labute approximate surface area is 156 Å². The average Bonchev–Trinajstić information content (AvgIpc) is 2.66. The van der Waals surface area contributed by atoms with Crippen LogP contribution in [-0.4, -0.2) is 20.1 Å². The molecule has 1 unspecified atom stereocenters. The van der Waals surface area contributed by atoms with Gasteiger partial charge in [-0.3, -0.25) is 4.79 Å². The van der Waals surface area contributed by atoms with Crippen LogP contribution in [0.5, 0.6) is 11.5 Å². The third-order valence-corrected chi connectivity index (χ3v) is 4.52. The van der Waals surface area contributed by atoms with Crippen LogP contribution in [0.3, 0.4) is 0 Å². The van der Waals surface area contributed by atoms with Gasteiger partial charge in [-0.1, -0.05) is 38.5 Å². The van der Waals surface area contributed by atoms with Gasteiger partial charge in [0.25, 0.3) is 0 Å². The molecular formula is C22H29NO3. The minimum Gasteiger partial charge on any atom is -0.497 e. The molecule has 0 heterocycles. The first-order valence-electron chi connectivity index (χ1n) is 9.18. The molecule has 0 aliphatic carbocycles. The molecule has 2 rings (SSSR count). The number of unbranched alkanes of at least 4 members (excludes halogenated alkanes) is 1. The summed E-state index contributed by atoms with van der Waals surface area (Å²) in [6, 6.07) is 13.8. The molecule has 0 saturated carbocycles. The first kappa shape index (κ1) is 19.8. The van der Waals surface area contributed by atoms with E-state index in [4.69, 9.17) is 9.47 Å². The number of hydrogen-bond acceptors (Lipinski definition) is 3. The molecule has 0 radical (unpaired) electrons. The van der Waals surface area contributed by atoms with Gasteiger partial charge in [-0.05, 0) is 48.1 Å². The van der Waals surface area contributed by atoms with Crippen molar-refractivity contribution >= 4 is 11.6 Å². The number of rotatable bonds is 9. The van der Waals surface area contributed by atoms with E-state index < -0.39 is 0 Å². The Morgan fingerprint density at radius 1 is 1.08 bits per heavy atom. The van der Waals surface area contributed by atoms with Gasteiger partial charge < -0.3 is 14.8 Å². The molecule has 4 nitrogen and oxygen atoms in total. The van der Waals surface area contributed by atoms with Crippen molar-refractivity contribution in [2.45, 2.75) is 45.4 Å². The Morgan fingerprint density at radius 3 is 2.42 bits per heavy atom. The number of carbonyl (C=O) groups is 1. The Morgan fingerprint density at radius 2 is 1.81 bits per heavy atom. The molecule has 1 amide bonds. The lowest BCUT2D eigenvalue weighted by Crippen LogP contribution is -2.14. The Kier molecular flexibility index (Phi) is 7.52. The van der Waals surface area contributed by atoms with Crippen LogP contribution in [0.15, 0.2) is 42.5 Å². The van der Waals surface area contributed by atoms with Gasteiger partial charge in [-0.2, -0.15) is 0 Å². The van der Waals surface area contributed by atoms with Gasteiger partial charge in [-0.25, -0.2) is 0 Å². The summed E-state index contributed by atoms with van der Waals surface area (Å²) in [6.45, 7) is 4.21. The average molecular weight is 355 g/mol. The van der Waals surface area contributed by atoms with Gasteiger partial charge >= 0.3 is 0 Å². The zero-order valence-electron chi connectivity index (χ0n) is 16.2. The maximum Gasteiger partial charge on any atom is 0.224 e. The van der Waals surface area contributed by atoms with Crippen molar-refractivity contribution in [2.24, 2.45) is 0 Å². The molecule has 2 aromatic carbocycles. The number of carbonyl (C=O) groups excluding carboxylic acids is 1. The molecule has 1 N–H and O–H groups in total. The minimum absolute atomic E-state index is 0.00307. The highest BCUT2D eigenvalue weighted by Gasteiger charge is 2.16. The third kappa shape index (κ3) is 5.51. The summed E-state index contributed by atoms with van der Waals surface area (Å²) in [5, 5.41) is 2.98. The van der Waals surface area contributed by atoms with Crippen LogP contribution in [0.25, 0.3) is 0 Å². The lowest BCUT2D eigenvalue weighted by atomic mass is 9.96. The predicted molar refractivity (Wildman–Crippen MR) is 106 cm³/mol. The first-order valence-corrected chi connectivity index (χ1v) is 9.18. The number of aryl methyl sites for hydroxylation is 1. The lowest BCUT2D eigenvalue weighted by molar-refractivity contribution is -0.116. The number of hydrogen-bond donors (Lipinski definition) is 1. The van der Waals surface area contributed by atoms with E-state index in [9.17, 15) is 4.79 Å². The van der Waals surface area contributed by atoms with Crippen molar-refractivity contribution < 1.29 is 14.3 Å². The van der Waals surface area contributed by atoms with Gasteiger partial charge in [0.1, 0.15) is 11.5 Å². The fourth-order valence-corrected chi connectivity index (χ4v) is 2.96. The Hall–Kier alpha value is -2.49. The van der Waals surface area contributed by atoms with Crippen molar-refractivity contribution in [2.75, 3.05) is 19.5 Å². The van der Waals surface area contributed by atoms with Crippen LogP contribution < -0.4 is 14.8 Å². The number of anilines is 1. The topological polar surface area (TPSA) is 47.6 Å². The largest absolute Gasteiger partial charge is 0.497 e. The van der Waals surface area contributed by atoms with Gasteiger partial charge in [-0.15, -0.1) is 0 Å². The summed E-state index contributed by atoms with van der Waals surface area (Å²) < 4.78 is 10.7. The summed E-state index contributed by atoms with van der Waals surface area (Å²) >= 11 is 0. The van der Waals surface area contributed by atoms with Crippen molar-refractivity contribution in [1.29, 1.82) is 0 Å². The maximum absolute atomic E-state index is 12.4. The second-order valence-corrected chi connectivity index (χ2v) is 6.56. The summed E-state index contributed by atoms with van der Waals surface area (Å²) in [5.74, 6) is 1.52. The fraction of sp³-hybridized carbons (Fsp3) is 0.409. The quantitative estimate of drug-likeness (QED) is 0.674. The zero-order valence-corrected chi connectivity index (χ0v) is 16.2. The van der Waals surface area contributed by atoms with Crippen molar-refractivity contribution in [3.8, 4) is 11.5 Å². The van der Waals surface area contributed by atoms with E-state index in [1.165, 1.54) is 18.4 Å². The highest BCUT2D eigenvalue weighted by atomic mass is 16.5. The molecule has 0 saturated heterocycles. The summed E-state index contributed by atoms with van der Waals surface area (Å²) in [5.41, 5.74) is 3.14. The number of nitrogens with one attached hydrogen (secondary N) is 1. The van der Waals surface area contributed by atoms with E-state index in [2.05, 4.69) is 24.4 Å². The van der Waals surface area contributed by atoms with Gasteiger partial charge in [0.15, 0.2) is 0 Å². The van der Waals surface area contributed by atoms with Crippen LogP contribution in [0.1, 0.15) is 50.2 Å². The third-order valence-electron chi connectivity index (χ3n) is 4.52. The van der Waals surface area contributed by atoms with Crippen molar-refractivity contribution in [1.82, 2.24) is 0 Å². The summed E-state index contributed by atoms with van der Waals surface area (Å²) in [4.78, 5) is 12.4. The van der Waals surface area contributed by atoms with Crippen LogP contribution in [0.2, 0.25) is 0 Å². The molecule has 0 bridgehead atoms. The number of benzene rings is 2. The van der Waals surface area contributed by atoms with Crippen LogP contribution in [0.4, 0.5) is 5.69 Å². The highest BCUT2D eigenvalue weighted by molar-refractivity contribution is 5.91. The Bertz CT molecular complexity index is 710. The van der Waals surface area contributed by atoms with E-state index in [1.807, 2.05) is 37.3 Å². The summed E-state index contributed by atoms with van der Waals surface area (Å²) in [6.07, 6.45) is 3.84. The summed E-state index contributed by atoms with van der Waals surface area (Å²) in [7, 11) is 3.25. The second-order valence-electron chi connectivity index (χ2n) is 6.56. The van der Waals surface area contributed by atoms with Crippen LogP contribution >= 0.6 is 0 Å². The molecular weight excluding hydrogens is 326 g/mol. The van der Waals surface area contributed by atoms with E-state index in [1.54, 1.807) is 14.2 Å². The molecule has 2 aromatic rings. The highest BCUT2D eigenvalue weighted by Crippen LogP contribution is 2.32. The number of amides is 1. The molecule has 1 atom stereocenters. The monoisotopic (exact) mass is 355 g/mol. The molecule has 140 valence electrons. The normalized spacial score (nSPS) is 11.7. The molecule has 0 aromatic heterocycles. The van der Waals surface area contributed by atoms with E-state index in [-0.39, 0.29) is 11.8 Å². The van der Waals surface area contributed by atoms with E-state index in [0.717, 1.165) is 29.2 Å². The van der Waals surface area contributed by atoms with E-state index >= 15 is 0 Å². The SMILES string of the molecule is CCCCc1ccc(NC(=O)CC(C)c2ccc(OC)cc2OC)cc1. The molecule has 0 spiro atoms. The zero-order chi connectivity index (χ0) is 18.9. The number of ether oxygens (including phenoxy) is 2. The van der Waals surface area contributed by atoms with Crippen LogP contribution in [0, 0.1) is 0 Å².